The molecular weight excluding hydrogens is 719 g/mol. The lowest BCUT2D eigenvalue weighted by molar-refractivity contribution is -0.392. The minimum absolute atomic E-state index is 0.000235. The number of hydrogen-bond acceptors (Lipinski definition) is 4. The molecule has 2 N–H and O–H groups in total. The van der Waals surface area contributed by atoms with Crippen LogP contribution in [-0.2, 0) is 32.5 Å². The van der Waals surface area contributed by atoms with Crippen LogP contribution in [0.25, 0.3) is 0 Å². The molecule has 1 saturated carbocycles. The van der Waals surface area contributed by atoms with Crippen molar-refractivity contribution in [1.82, 2.24) is 10.2 Å². The molecule has 1 heterocycles. The topological polar surface area (TPSA) is 95.9 Å². The summed E-state index contributed by atoms with van der Waals surface area (Å²) in [4.78, 5) is 25.6. The molecule has 2 fully saturated rings. The maximum atomic E-state index is 13.5. The lowest BCUT2D eigenvalue weighted by Crippen LogP contribution is -2.55. The number of halogens is 9. The standard InChI is InChI=1S/C18H23FN2O4S.C16H10F8O/c19-13-3-7-15(8-4-13)26(25)16-9-10-21(11-16)18(24)20-14-5-1-12(2-6-14)17(22)23;17-12-7-4-8-13(18)11(12)9-25-14(15(19,20)21,16(22,23)24)10-5-2-1-3-6-10/h3-4,7-8,12,14,16H,1-2,5-6,9-11H2,(H,20,24)(H,22,23);1-8H,9H2. The van der Waals surface area contributed by atoms with Crippen molar-refractivity contribution in [3.05, 3.63) is 101 Å². The van der Waals surface area contributed by atoms with Gasteiger partial charge in [-0.2, -0.15) is 26.3 Å². The Morgan fingerprint density at radius 3 is 1.90 bits per heavy atom. The van der Waals surface area contributed by atoms with Gasteiger partial charge >= 0.3 is 24.4 Å². The molecule has 1 aliphatic carbocycles. The normalized spacial score (nSPS) is 20.3. The van der Waals surface area contributed by atoms with Crippen molar-refractivity contribution in [2.45, 2.75) is 72.9 Å². The maximum absolute atomic E-state index is 13.5. The number of aliphatic carboxylic acids is 1. The quantitative estimate of drug-likeness (QED) is 0.229. The molecule has 2 unspecified atom stereocenters. The Morgan fingerprint density at radius 1 is 0.804 bits per heavy atom. The van der Waals surface area contributed by atoms with E-state index in [1.54, 1.807) is 4.90 Å². The van der Waals surface area contributed by atoms with Crippen molar-refractivity contribution in [2.24, 2.45) is 5.92 Å². The van der Waals surface area contributed by atoms with E-state index in [9.17, 15) is 53.3 Å². The van der Waals surface area contributed by atoms with E-state index in [0.29, 0.717) is 74.4 Å². The Morgan fingerprint density at radius 2 is 1.37 bits per heavy atom. The van der Waals surface area contributed by atoms with Gasteiger partial charge < -0.3 is 20.1 Å². The minimum atomic E-state index is -5.92. The molecule has 2 amide bonds. The van der Waals surface area contributed by atoms with Crippen LogP contribution in [0.2, 0.25) is 0 Å². The van der Waals surface area contributed by atoms with E-state index in [4.69, 9.17) is 5.11 Å². The number of carboxylic acids is 1. The number of alkyl halides is 6. The van der Waals surface area contributed by atoms with Crippen LogP contribution in [0.3, 0.4) is 0 Å². The molecule has 51 heavy (non-hydrogen) atoms. The summed E-state index contributed by atoms with van der Waals surface area (Å²) in [6.45, 7) is -0.624. The molecule has 1 saturated heterocycles. The molecule has 0 spiro atoms. The molecular formula is C34H33F9N2O5S. The molecule has 3 aromatic carbocycles. The van der Waals surface area contributed by atoms with Gasteiger partial charge in [-0.3, -0.25) is 9.00 Å². The van der Waals surface area contributed by atoms with Gasteiger partial charge in [0.05, 0.1) is 28.6 Å². The SMILES string of the molecule is Fc1cccc(F)c1COC(c1ccccc1)(C(F)(F)F)C(F)(F)F.O=C(O)C1CCC(NC(=O)N2CCC(S(=O)c3ccc(F)cc3)C2)CC1. The number of urea groups is 1. The molecule has 1 aliphatic heterocycles. The van der Waals surface area contributed by atoms with Gasteiger partial charge in [0.2, 0.25) is 0 Å². The van der Waals surface area contributed by atoms with Gasteiger partial charge in [0, 0.05) is 35.2 Å². The van der Waals surface area contributed by atoms with E-state index >= 15 is 0 Å². The molecule has 0 radical (unpaired) electrons. The van der Waals surface area contributed by atoms with Gasteiger partial charge in [-0.1, -0.05) is 36.4 Å². The van der Waals surface area contributed by atoms with Crippen LogP contribution in [-0.4, -0.2) is 62.9 Å². The monoisotopic (exact) mass is 752 g/mol. The van der Waals surface area contributed by atoms with Crippen LogP contribution in [0.15, 0.2) is 77.7 Å². The van der Waals surface area contributed by atoms with E-state index in [0.717, 1.165) is 18.2 Å². The first-order valence-electron chi connectivity index (χ1n) is 15.6. The summed E-state index contributed by atoms with van der Waals surface area (Å²) in [7, 11) is -1.27. The number of benzene rings is 3. The van der Waals surface area contributed by atoms with Gasteiger partial charge in [0.15, 0.2) is 0 Å². The van der Waals surface area contributed by atoms with Gasteiger partial charge in [-0.25, -0.2) is 18.0 Å². The molecule has 5 rings (SSSR count). The number of hydrogen-bond donors (Lipinski definition) is 2. The number of carbonyl (C=O) groups is 2. The number of carboxylic acid groups (broad SMARTS) is 1. The van der Waals surface area contributed by atoms with Crippen molar-refractivity contribution >= 4 is 22.8 Å². The van der Waals surface area contributed by atoms with Gasteiger partial charge in [0.1, 0.15) is 17.5 Å². The van der Waals surface area contributed by atoms with Crippen LogP contribution in [0.5, 0.6) is 0 Å². The van der Waals surface area contributed by atoms with Crippen molar-refractivity contribution in [2.75, 3.05) is 13.1 Å². The number of nitrogens with zero attached hydrogens (tertiary/aromatic N) is 1. The maximum Gasteiger partial charge on any atom is 0.430 e. The van der Waals surface area contributed by atoms with Crippen molar-refractivity contribution in [3.8, 4) is 0 Å². The van der Waals surface area contributed by atoms with Crippen molar-refractivity contribution in [1.29, 1.82) is 0 Å². The average Bonchev–Trinajstić information content (AvgIpc) is 3.57. The summed E-state index contributed by atoms with van der Waals surface area (Å²) in [6, 6.07) is 12.1. The lowest BCUT2D eigenvalue weighted by Gasteiger charge is -2.37. The average molecular weight is 753 g/mol. The number of ether oxygens (including phenoxy) is 1. The largest absolute Gasteiger partial charge is 0.481 e. The van der Waals surface area contributed by atoms with Crippen LogP contribution in [0.4, 0.5) is 44.3 Å². The fraction of sp³-hybridized carbons (Fsp3) is 0.412. The molecule has 3 aromatic rings. The molecule has 0 aromatic heterocycles. The second-order valence-electron chi connectivity index (χ2n) is 12.0. The smallest absolute Gasteiger partial charge is 0.430 e. The highest BCUT2D eigenvalue weighted by Crippen LogP contribution is 2.53. The number of nitrogens with one attached hydrogen (secondary N) is 1. The molecule has 7 nitrogen and oxygen atoms in total. The summed E-state index contributed by atoms with van der Waals surface area (Å²) in [5.41, 5.74) is -7.00. The highest BCUT2D eigenvalue weighted by atomic mass is 32.2. The third-order valence-electron chi connectivity index (χ3n) is 8.66. The molecule has 278 valence electrons. The van der Waals surface area contributed by atoms with Crippen LogP contribution in [0.1, 0.15) is 43.2 Å². The predicted octanol–water partition coefficient (Wildman–Crippen LogP) is 7.86. The highest BCUT2D eigenvalue weighted by molar-refractivity contribution is 7.85. The second kappa shape index (κ2) is 16.5. The molecule has 2 atom stereocenters. The van der Waals surface area contributed by atoms with Crippen LogP contribution < -0.4 is 5.32 Å². The van der Waals surface area contributed by atoms with Gasteiger partial charge in [0.25, 0.3) is 5.60 Å². The first kappa shape index (κ1) is 39.7. The third-order valence-corrected chi connectivity index (χ3v) is 10.4. The van der Waals surface area contributed by atoms with Crippen molar-refractivity contribution < 1.29 is 63.2 Å². The number of rotatable bonds is 8. The molecule has 0 bridgehead atoms. The minimum Gasteiger partial charge on any atom is -0.481 e. The lowest BCUT2D eigenvalue weighted by atomic mass is 9.86. The summed E-state index contributed by atoms with van der Waals surface area (Å²) in [5, 5.41) is 11.8. The Labute approximate surface area is 289 Å². The summed E-state index contributed by atoms with van der Waals surface area (Å²) in [5.74, 6) is -4.06. The van der Waals surface area contributed by atoms with E-state index < -0.39 is 64.1 Å². The van der Waals surface area contributed by atoms with Crippen LogP contribution >= 0.6 is 0 Å². The number of likely N-dealkylation sites (tertiary alicyclic amines) is 1. The van der Waals surface area contributed by atoms with Crippen LogP contribution in [0, 0.1) is 23.4 Å². The number of amides is 2. The summed E-state index contributed by atoms with van der Waals surface area (Å²) < 4.78 is 137. The van der Waals surface area contributed by atoms with E-state index in [1.807, 2.05) is 0 Å². The van der Waals surface area contributed by atoms with E-state index in [-0.39, 0.29) is 29.1 Å². The predicted molar refractivity (Wildman–Crippen MR) is 166 cm³/mol. The second-order valence-corrected chi connectivity index (χ2v) is 13.7. The van der Waals surface area contributed by atoms with E-state index in [1.165, 1.54) is 30.3 Å². The zero-order valence-electron chi connectivity index (χ0n) is 26.7. The third kappa shape index (κ3) is 9.41. The fourth-order valence-corrected chi connectivity index (χ4v) is 7.28. The Kier molecular flexibility index (Phi) is 12.8. The Bertz CT molecular complexity index is 1630. The first-order chi connectivity index (χ1) is 23.9. The summed E-state index contributed by atoms with van der Waals surface area (Å²) >= 11 is 0. The van der Waals surface area contributed by atoms with Crippen molar-refractivity contribution in [3.63, 3.8) is 0 Å². The Hall–Kier alpha value is -4.12. The van der Waals surface area contributed by atoms with E-state index in [2.05, 4.69) is 10.1 Å². The van der Waals surface area contributed by atoms with Gasteiger partial charge in [-0.05, 0) is 68.5 Å². The fourth-order valence-electron chi connectivity index (χ4n) is 5.86. The zero-order chi connectivity index (χ0) is 37.6. The first-order valence-corrected chi connectivity index (χ1v) is 16.9. The zero-order valence-corrected chi connectivity index (χ0v) is 27.5. The summed E-state index contributed by atoms with van der Waals surface area (Å²) in [6.07, 6.45) is -8.70. The molecule has 17 heteroatoms. The highest BCUT2D eigenvalue weighted by Gasteiger charge is 2.73. The Balaban J connectivity index is 0.000000229. The number of carbonyl (C=O) groups excluding carboxylic acids is 1. The van der Waals surface area contributed by atoms with Gasteiger partial charge in [-0.15, -0.1) is 0 Å². The molecule has 2 aliphatic rings.